The maximum absolute atomic E-state index is 12.1. The average molecular weight is 262 g/mol. The molecule has 2 rings (SSSR count). The third-order valence-electron chi connectivity index (χ3n) is 3.55. The summed E-state index contributed by atoms with van der Waals surface area (Å²) in [7, 11) is 0. The zero-order chi connectivity index (χ0) is 14.2. The second-order valence-electron chi connectivity index (χ2n) is 4.92. The van der Waals surface area contributed by atoms with Gasteiger partial charge in [0, 0.05) is 12.6 Å². The van der Waals surface area contributed by atoms with Gasteiger partial charge in [-0.3, -0.25) is 19.9 Å². The lowest BCUT2D eigenvalue weighted by Crippen LogP contribution is -2.41. The van der Waals surface area contributed by atoms with Crippen LogP contribution in [-0.2, 0) is 15.0 Å². The van der Waals surface area contributed by atoms with Gasteiger partial charge < -0.3 is 5.11 Å². The molecule has 1 aliphatic heterocycles. The number of carboxylic acid groups (broad SMARTS) is 1. The van der Waals surface area contributed by atoms with Crippen molar-refractivity contribution in [2.45, 2.75) is 25.7 Å². The van der Waals surface area contributed by atoms with E-state index in [-0.39, 0.29) is 29.7 Å². The van der Waals surface area contributed by atoms with Crippen LogP contribution in [0.15, 0.2) is 18.3 Å². The fraction of sp³-hybridized carbons (Fsp3) is 0.385. The predicted molar refractivity (Wildman–Crippen MR) is 65.5 cm³/mol. The molecule has 1 atom stereocenters. The van der Waals surface area contributed by atoms with Crippen LogP contribution in [0.2, 0.25) is 0 Å². The Morgan fingerprint density at radius 2 is 2.11 bits per heavy atom. The highest BCUT2D eigenvalue weighted by Gasteiger charge is 2.51. The first kappa shape index (κ1) is 13.2. The summed E-state index contributed by atoms with van der Waals surface area (Å²) in [6.07, 6.45) is 1.25. The number of carboxylic acids is 1. The molecule has 0 radical (unpaired) electrons. The molecule has 1 aromatic heterocycles. The maximum Gasteiger partial charge on any atom is 0.337 e. The summed E-state index contributed by atoms with van der Waals surface area (Å²) < 4.78 is 0. The lowest BCUT2D eigenvalue weighted by atomic mass is 9.72. The van der Waals surface area contributed by atoms with Gasteiger partial charge in [-0.05, 0) is 18.1 Å². The van der Waals surface area contributed by atoms with E-state index in [1.807, 2.05) is 13.8 Å². The van der Waals surface area contributed by atoms with Crippen LogP contribution in [-0.4, -0.2) is 27.9 Å². The standard InChI is InChI=1S/C13H14N2O4/c1-7(2)13(5-10(16)15-12(13)19)9-4-3-8(6-14-9)11(17)18/h3-4,6-7H,5H2,1-2H3,(H,17,18)(H,15,16,19). The van der Waals surface area contributed by atoms with Crippen LogP contribution >= 0.6 is 0 Å². The van der Waals surface area contributed by atoms with Crippen molar-refractivity contribution in [3.8, 4) is 0 Å². The summed E-state index contributed by atoms with van der Waals surface area (Å²) in [6.45, 7) is 3.68. The normalized spacial score (nSPS) is 22.7. The minimum absolute atomic E-state index is 0.0446. The SMILES string of the molecule is CC(C)C1(c2ccc(C(=O)O)cn2)CC(=O)NC1=O. The number of amides is 2. The number of nitrogens with zero attached hydrogens (tertiary/aromatic N) is 1. The molecule has 100 valence electrons. The largest absolute Gasteiger partial charge is 0.478 e. The van der Waals surface area contributed by atoms with Gasteiger partial charge in [0.2, 0.25) is 11.8 Å². The highest BCUT2D eigenvalue weighted by Crippen LogP contribution is 2.38. The minimum atomic E-state index is -1.08. The van der Waals surface area contributed by atoms with Crippen molar-refractivity contribution in [1.82, 2.24) is 10.3 Å². The molecule has 0 bridgehead atoms. The molecule has 6 heteroatoms. The Kier molecular flexibility index (Phi) is 3.09. The molecule has 2 N–H and O–H groups in total. The molecule has 1 fully saturated rings. The molecule has 0 aliphatic carbocycles. The van der Waals surface area contributed by atoms with E-state index in [4.69, 9.17) is 5.11 Å². The van der Waals surface area contributed by atoms with Crippen molar-refractivity contribution < 1.29 is 19.5 Å². The molecular formula is C13H14N2O4. The molecule has 1 unspecified atom stereocenters. The average Bonchev–Trinajstić information content (AvgIpc) is 2.65. The first-order valence-electron chi connectivity index (χ1n) is 5.92. The van der Waals surface area contributed by atoms with Gasteiger partial charge in [-0.15, -0.1) is 0 Å². The highest BCUT2D eigenvalue weighted by atomic mass is 16.4. The molecule has 0 saturated carbocycles. The monoisotopic (exact) mass is 262 g/mol. The van der Waals surface area contributed by atoms with E-state index in [1.54, 1.807) is 0 Å². The third kappa shape index (κ3) is 1.99. The molecule has 1 aromatic rings. The molecule has 0 spiro atoms. The topological polar surface area (TPSA) is 96.4 Å². The van der Waals surface area contributed by atoms with E-state index in [9.17, 15) is 14.4 Å². The number of rotatable bonds is 3. The summed E-state index contributed by atoms with van der Waals surface area (Å²) in [4.78, 5) is 38.4. The highest BCUT2D eigenvalue weighted by molar-refractivity contribution is 6.09. The van der Waals surface area contributed by atoms with E-state index in [0.29, 0.717) is 5.69 Å². The van der Waals surface area contributed by atoms with Gasteiger partial charge in [0.15, 0.2) is 0 Å². The van der Waals surface area contributed by atoms with Crippen molar-refractivity contribution in [2.24, 2.45) is 5.92 Å². The van der Waals surface area contributed by atoms with Crippen molar-refractivity contribution >= 4 is 17.8 Å². The van der Waals surface area contributed by atoms with Crippen LogP contribution in [0.3, 0.4) is 0 Å². The van der Waals surface area contributed by atoms with Crippen LogP contribution in [0.25, 0.3) is 0 Å². The van der Waals surface area contributed by atoms with Gasteiger partial charge in [-0.2, -0.15) is 0 Å². The summed E-state index contributed by atoms with van der Waals surface area (Å²) in [5.74, 6) is -1.90. The molecule has 2 amide bonds. The summed E-state index contributed by atoms with van der Waals surface area (Å²) >= 11 is 0. The number of pyridine rings is 1. The first-order valence-corrected chi connectivity index (χ1v) is 5.92. The van der Waals surface area contributed by atoms with E-state index < -0.39 is 11.4 Å². The Morgan fingerprint density at radius 3 is 2.47 bits per heavy atom. The Hall–Kier alpha value is -2.24. The van der Waals surface area contributed by atoms with Gasteiger partial charge in [-0.25, -0.2) is 4.79 Å². The quantitative estimate of drug-likeness (QED) is 0.782. The van der Waals surface area contributed by atoms with Crippen LogP contribution in [0.1, 0.15) is 36.3 Å². The van der Waals surface area contributed by atoms with Crippen molar-refractivity contribution in [3.63, 3.8) is 0 Å². The second-order valence-corrected chi connectivity index (χ2v) is 4.92. The number of aromatic carboxylic acids is 1. The molecule has 6 nitrogen and oxygen atoms in total. The second kappa shape index (κ2) is 4.46. The molecule has 19 heavy (non-hydrogen) atoms. The number of hydrogen-bond acceptors (Lipinski definition) is 4. The summed E-state index contributed by atoms with van der Waals surface area (Å²) in [5.41, 5.74) is -0.531. The Bertz CT molecular complexity index is 550. The van der Waals surface area contributed by atoms with Gasteiger partial charge in [0.05, 0.1) is 11.3 Å². The summed E-state index contributed by atoms with van der Waals surface area (Å²) in [5, 5.41) is 11.1. The van der Waals surface area contributed by atoms with Gasteiger partial charge in [0.25, 0.3) is 0 Å². The smallest absolute Gasteiger partial charge is 0.337 e. The third-order valence-corrected chi connectivity index (χ3v) is 3.55. The van der Waals surface area contributed by atoms with E-state index >= 15 is 0 Å². The molecule has 1 aliphatic rings. The molecule has 1 saturated heterocycles. The predicted octanol–water partition coefficient (Wildman–Crippen LogP) is 0.720. The first-order chi connectivity index (χ1) is 8.87. The van der Waals surface area contributed by atoms with Crippen molar-refractivity contribution in [3.05, 3.63) is 29.6 Å². The zero-order valence-electron chi connectivity index (χ0n) is 10.6. The Morgan fingerprint density at radius 1 is 1.42 bits per heavy atom. The van der Waals surface area contributed by atoms with Crippen molar-refractivity contribution in [1.29, 1.82) is 0 Å². The van der Waals surface area contributed by atoms with Gasteiger partial charge in [-0.1, -0.05) is 13.8 Å². The van der Waals surface area contributed by atoms with Crippen molar-refractivity contribution in [2.75, 3.05) is 0 Å². The van der Waals surface area contributed by atoms with Crippen LogP contribution in [0.5, 0.6) is 0 Å². The van der Waals surface area contributed by atoms with Gasteiger partial charge in [0.1, 0.15) is 5.41 Å². The van der Waals surface area contributed by atoms with E-state index in [0.717, 1.165) is 0 Å². The van der Waals surface area contributed by atoms with Crippen LogP contribution in [0, 0.1) is 5.92 Å². The van der Waals surface area contributed by atoms with Gasteiger partial charge >= 0.3 is 5.97 Å². The minimum Gasteiger partial charge on any atom is -0.478 e. The number of carbonyl (C=O) groups is 3. The number of nitrogens with one attached hydrogen (secondary N) is 1. The maximum atomic E-state index is 12.1. The van der Waals surface area contributed by atoms with Crippen LogP contribution < -0.4 is 5.32 Å². The Labute approximate surface area is 109 Å². The van der Waals surface area contributed by atoms with Crippen LogP contribution in [0.4, 0.5) is 0 Å². The number of imide groups is 1. The number of carbonyl (C=O) groups excluding carboxylic acids is 2. The zero-order valence-corrected chi connectivity index (χ0v) is 10.6. The fourth-order valence-electron chi connectivity index (χ4n) is 2.37. The molecule has 0 aromatic carbocycles. The number of aromatic nitrogens is 1. The molecular weight excluding hydrogens is 248 g/mol. The molecule has 2 heterocycles. The summed E-state index contributed by atoms with van der Waals surface area (Å²) in [6, 6.07) is 2.90. The van der Waals surface area contributed by atoms with E-state index in [1.165, 1.54) is 18.3 Å². The number of hydrogen-bond donors (Lipinski definition) is 2. The lowest BCUT2D eigenvalue weighted by Gasteiger charge is -2.28. The Balaban J connectivity index is 2.49. The fourth-order valence-corrected chi connectivity index (χ4v) is 2.37. The lowest BCUT2D eigenvalue weighted by molar-refractivity contribution is -0.127. The van der Waals surface area contributed by atoms with E-state index in [2.05, 4.69) is 10.3 Å².